The Hall–Kier alpha value is -3.16. The molecule has 1 amide bonds. The monoisotopic (exact) mass is 549 g/mol. The highest BCUT2D eigenvalue weighted by atomic mass is 32.2. The zero-order valence-corrected chi connectivity index (χ0v) is 23.6. The molecule has 0 fully saturated rings. The van der Waals surface area contributed by atoms with Crippen LogP contribution in [0.1, 0.15) is 75.0 Å². The van der Waals surface area contributed by atoms with Crippen molar-refractivity contribution in [3.8, 4) is 0 Å². The van der Waals surface area contributed by atoms with Gasteiger partial charge in [-0.25, -0.2) is 13.2 Å². The van der Waals surface area contributed by atoms with Gasteiger partial charge in [-0.3, -0.25) is 5.32 Å². The first-order valence-electron chi connectivity index (χ1n) is 13.9. The van der Waals surface area contributed by atoms with Crippen LogP contribution in [0.5, 0.6) is 0 Å². The average Bonchev–Trinajstić information content (AvgIpc) is 3.01. The van der Waals surface area contributed by atoms with Crippen molar-refractivity contribution in [2.24, 2.45) is 5.41 Å². The largest absolute Gasteiger partial charge is 0.444 e. The molecule has 6 nitrogen and oxygen atoms in total. The number of sulfone groups is 1. The number of unbranched alkanes of at least 4 members (excludes halogenated alkanes) is 2. The minimum atomic E-state index is -3.72. The predicted octanol–water partition coefficient (Wildman–Crippen LogP) is 7.08. The van der Waals surface area contributed by atoms with Gasteiger partial charge in [-0.05, 0) is 47.7 Å². The van der Waals surface area contributed by atoms with E-state index in [9.17, 15) is 18.3 Å². The van der Waals surface area contributed by atoms with Crippen molar-refractivity contribution in [1.82, 2.24) is 0 Å². The van der Waals surface area contributed by atoms with Gasteiger partial charge in [0.1, 0.15) is 6.61 Å². The summed E-state index contributed by atoms with van der Waals surface area (Å²) in [4.78, 5) is 12.8. The van der Waals surface area contributed by atoms with Crippen molar-refractivity contribution in [3.63, 3.8) is 0 Å². The second-order valence-electron chi connectivity index (χ2n) is 10.6. The third-order valence-electron chi connectivity index (χ3n) is 7.77. The van der Waals surface area contributed by atoms with E-state index in [1.54, 1.807) is 18.2 Å². The molecule has 0 bridgehead atoms. The number of hydrogen-bond donors (Lipinski definition) is 2. The lowest BCUT2D eigenvalue weighted by Gasteiger charge is -2.40. The highest BCUT2D eigenvalue weighted by Crippen LogP contribution is 2.49. The van der Waals surface area contributed by atoms with E-state index in [0.717, 1.165) is 36.8 Å². The maximum atomic E-state index is 13.9. The summed E-state index contributed by atoms with van der Waals surface area (Å²) in [5.41, 5.74) is 1.87. The number of amides is 1. The Balaban J connectivity index is 1.74. The molecule has 3 aromatic rings. The average molecular weight is 550 g/mol. The van der Waals surface area contributed by atoms with Gasteiger partial charge in [0.2, 0.25) is 0 Å². The van der Waals surface area contributed by atoms with Gasteiger partial charge in [-0.15, -0.1) is 0 Å². The van der Waals surface area contributed by atoms with Gasteiger partial charge in [0.05, 0.1) is 16.8 Å². The number of nitrogens with one attached hydrogen (secondary N) is 1. The molecule has 1 aliphatic heterocycles. The van der Waals surface area contributed by atoms with Crippen molar-refractivity contribution >= 4 is 21.6 Å². The maximum absolute atomic E-state index is 13.9. The first-order chi connectivity index (χ1) is 18.8. The van der Waals surface area contributed by atoms with Crippen LogP contribution in [0.2, 0.25) is 0 Å². The van der Waals surface area contributed by atoms with Gasteiger partial charge in [-0.2, -0.15) is 0 Å². The predicted molar refractivity (Wildman–Crippen MR) is 155 cm³/mol. The summed E-state index contributed by atoms with van der Waals surface area (Å²) in [7, 11) is -3.72. The number of benzene rings is 3. The van der Waals surface area contributed by atoms with Crippen molar-refractivity contribution < 1.29 is 23.1 Å². The first kappa shape index (κ1) is 28.8. The van der Waals surface area contributed by atoms with E-state index in [0.29, 0.717) is 24.1 Å². The third kappa shape index (κ3) is 6.71. The molecule has 2 atom stereocenters. The van der Waals surface area contributed by atoms with Gasteiger partial charge >= 0.3 is 6.09 Å². The number of rotatable bonds is 10. The molecule has 1 aliphatic rings. The highest BCUT2D eigenvalue weighted by molar-refractivity contribution is 7.91. The molecule has 1 heterocycles. The van der Waals surface area contributed by atoms with Gasteiger partial charge in [-0.1, -0.05) is 100 Å². The number of anilines is 1. The Labute approximate surface area is 232 Å². The van der Waals surface area contributed by atoms with Crippen LogP contribution < -0.4 is 5.32 Å². The van der Waals surface area contributed by atoms with Crippen LogP contribution in [0.25, 0.3) is 0 Å². The van der Waals surface area contributed by atoms with E-state index < -0.39 is 33.4 Å². The Bertz CT molecular complexity index is 1330. The molecule has 0 spiro atoms. The lowest BCUT2D eigenvalue weighted by molar-refractivity contribution is 0.0127. The molecular weight excluding hydrogens is 510 g/mol. The molecule has 4 rings (SSSR count). The standard InChI is InChI=1S/C32H39NO5S/c1-3-5-19-32(20-6-4-2)23-39(36,37)28-18-17-26(33-31(35)38-22-24-13-9-7-10-14-24)21-27(28)29(30(32)34)25-15-11-8-12-16-25/h7-18,21,29-30,34H,3-6,19-20,22-23H2,1-2H3,(H,33,35)/t29-,30-/m1/s1. The summed E-state index contributed by atoms with van der Waals surface area (Å²) in [5, 5.41) is 14.9. The van der Waals surface area contributed by atoms with E-state index in [4.69, 9.17) is 4.74 Å². The molecule has 0 aliphatic carbocycles. The molecule has 39 heavy (non-hydrogen) atoms. The van der Waals surface area contributed by atoms with E-state index >= 15 is 0 Å². The Morgan fingerprint density at radius 2 is 1.56 bits per heavy atom. The summed E-state index contributed by atoms with van der Waals surface area (Å²) in [6, 6.07) is 23.8. The molecule has 7 heteroatoms. The van der Waals surface area contributed by atoms with Gasteiger partial charge in [0, 0.05) is 17.0 Å². The zero-order chi connectivity index (χ0) is 27.9. The molecule has 0 saturated carbocycles. The fourth-order valence-corrected chi connectivity index (χ4v) is 7.93. The number of fused-ring (bicyclic) bond motifs is 1. The number of aliphatic hydroxyl groups excluding tert-OH is 1. The number of carbonyl (C=O) groups is 1. The van der Waals surface area contributed by atoms with E-state index in [2.05, 4.69) is 19.2 Å². The summed E-state index contributed by atoms with van der Waals surface area (Å²) in [6.07, 6.45) is 3.26. The number of carbonyl (C=O) groups excluding carboxylic acids is 1. The van der Waals surface area contributed by atoms with Crippen LogP contribution in [-0.2, 0) is 21.2 Å². The topological polar surface area (TPSA) is 92.7 Å². The number of ether oxygens (including phenoxy) is 1. The van der Waals surface area contributed by atoms with Crippen molar-refractivity contribution in [3.05, 3.63) is 95.6 Å². The second kappa shape index (κ2) is 12.8. The maximum Gasteiger partial charge on any atom is 0.411 e. The van der Waals surface area contributed by atoms with E-state index in [1.165, 1.54) is 0 Å². The molecule has 0 aromatic heterocycles. The summed E-state index contributed by atoms with van der Waals surface area (Å²) in [6.45, 7) is 4.29. The minimum Gasteiger partial charge on any atom is -0.444 e. The van der Waals surface area contributed by atoms with Crippen LogP contribution in [0.4, 0.5) is 10.5 Å². The molecule has 2 N–H and O–H groups in total. The minimum absolute atomic E-state index is 0.0939. The van der Waals surface area contributed by atoms with Crippen molar-refractivity contribution in [2.45, 2.75) is 75.9 Å². The highest BCUT2D eigenvalue weighted by Gasteiger charge is 2.49. The van der Waals surface area contributed by atoms with Gasteiger partial charge < -0.3 is 9.84 Å². The fourth-order valence-electron chi connectivity index (χ4n) is 5.74. The molecule has 0 radical (unpaired) electrons. The van der Waals surface area contributed by atoms with E-state index in [-0.39, 0.29) is 17.3 Å². The quantitative estimate of drug-likeness (QED) is 0.282. The summed E-state index contributed by atoms with van der Waals surface area (Å²) in [5.74, 6) is -0.655. The fraction of sp³-hybridized carbons (Fsp3) is 0.406. The van der Waals surface area contributed by atoms with Gasteiger partial charge in [0.25, 0.3) is 0 Å². The van der Waals surface area contributed by atoms with Crippen molar-refractivity contribution in [1.29, 1.82) is 0 Å². The van der Waals surface area contributed by atoms with Crippen LogP contribution in [0, 0.1) is 5.41 Å². The third-order valence-corrected chi connectivity index (χ3v) is 9.77. The summed E-state index contributed by atoms with van der Waals surface area (Å²) >= 11 is 0. The Kier molecular flexibility index (Phi) is 9.46. The van der Waals surface area contributed by atoms with Crippen LogP contribution in [0.3, 0.4) is 0 Å². The molecule has 0 saturated heterocycles. The zero-order valence-electron chi connectivity index (χ0n) is 22.8. The SMILES string of the molecule is CCCCC1(CCCC)CS(=O)(=O)c2ccc(NC(=O)OCc3ccccc3)cc2[C@@H](c2ccccc2)[C@H]1O. The van der Waals surface area contributed by atoms with Crippen molar-refractivity contribution in [2.75, 3.05) is 11.1 Å². The molecule has 208 valence electrons. The van der Waals surface area contributed by atoms with E-state index in [1.807, 2.05) is 60.7 Å². The van der Waals surface area contributed by atoms with Crippen LogP contribution in [0.15, 0.2) is 83.8 Å². The van der Waals surface area contributed by atoms with Crippen LogP contribution in [-0.4, -0.2) is 31.5 Å². The Morgan fingerprint density at radius 3 is 2.18 bits per heavy atom. The normalized spacial score (nSPS) is 19.5. The molecule has 0 unspecified atom stereocenters. The van der Waals surface area contributed by atoms with Gasteiger partial charge in [0.15, 0.2) is 9.84 Å². The molecule has 3 aromatic carbocycles. The molecular formula is C32H39NO5S. The lowest BCUT2D eigenvalue weighted by atomic mass is 9.68. The lowest BCUT2D eigenvalue weighted by Crippen LogP contribution is -2.43. The smallest absolute Gasteiger partial charge is 0.411 e. The summed E-state index contributed by atoms with van der Waals surface area (Å²) < 4.78 is 33.2. The number of aliphatic hydroxyl groups is 1. The van der Waals surface area contributed by atoms with Crippen LogP contribution >= 0.6 is 0 Å². The first-order valence-corrected chi connectivity index (χ1v) is 15.5. The Morgan fingerprint density at radius 1 is 0.949 bits per heavy atom. The second-order valence-corrected chi connectivity index (χ2v) is 12.6. The number of hydrogen-bond acceptors (Lipinski definition) is 5.